The highest BCUT2D eigenvalue weighted by Crippen LogP contribution is 2.47. The van der Waals surface area contributed by atoms with E-state index in [4.69, 9.17) is 0 Å². The largest absolute Gasteiger partial charge is 0.303 e. The zero-order chi connectivity index (χ0) is 12.8. The van der Waals surface area contributed by atoms with Crippen LogP contribution < -0.4 is 0 Å². The fraction of sp³-hybridized carbons (Fsp3) is 0.647. The summed E-state index contributed by atoms with van der Waals surface area (Å²) in [5.41, 5.74) is 3.29. The van der Waals surface area contributed by atoms with Crippen LogP contribution in [0.1, 0.15) is 55.1 Å². The maximum Gasteiger partial charge on any atom is 0.0108 e. The highest BCUT2D eigenvalue weighted by atomic mass is 32.2. The number of fused-ring (bicyclic) bond motifs is 1. The second-order valence-corrected chi connectivity index (χ2v) is 7.65. The zero-order valence-electron chi connectivity index (χ0n) is 11.8. The van der Waals surface area contributed by atoms with E-state index in [1.807, 2.05) is 0 Å². The molecule has 0 bridgehead atoms. The average Bonchev–Trinajstić information content (AvgIpc) is 3.09. The summed E-state index contributed by atoms with van der Waals surface area (Å²) in [7, 11) is 2.31. The second-order valence-electron chi connectivity index (χ2n) is 6.59. The molecule has 0 N–H and O–H groups in total. The van der Waals surface area contributed by atoms with Gasteiger partial charge in [-0.2, -0.15) is 0 Å². The smallest absolute Gasteiger partial charge is 0.0108 e. The molecule has 0 unspecified atom stereocenters. The van der Waals surface area contributed by atoms with Crippen molar-refractivity contribution in [1.29, 1.82) is 0 Å². The van der Waals surface area contributed by atoms with Crippen molar-refractivity contribution in [3.05, 3.63) is 29.3 Å². The van der Waals surface area contributed by atoms with Gasteiger partial charge in [0.2, 0.25) is 0 Å². The van der Waals surface area contributed by atoms with Gasteiger partial charge in [0.15, 0.2) is 0 Å². The molecule has 2 heteroatoms. The molecular formula is C17H23NS. The van der Waals surface area contributed by atoms with Crippen molar-refractivity contribution in [3.8, 4) is 0 Å². The van der Waals surface area contributed by atoms with Crippen LogP contribution in [-0.2, 0) is 0 Å². The average molecular weight is 273 g/mol. The van der Waals surface area contributed by atoms with E-state index in [0.29, 0.717) is 0 Å². The standard InChI is InChI=1S/C17H23NS/c1-18-8-2-3-15(18)9-14-11-19-17-7-6-13(10-16(14)17)12-4-5-12/h6-7,10,12,14-15H,2-5,8-9,11H2,1H3/t14-,15-/m1/s1. The van der Waals surface area contributed by atoms with Crippen LogP contribution in [-0.4, -0.2) is 30.3 Å². The molecule has 1 nitrogen and oxygen atoms in total. The van der Waals surface area contributed by atoms with Crippen molar-refractivity contribution in [1.82, 2.24) is 4.90 Å². The van der Waals surface area contributed by atoms with Crippen LogP contribution in [0.15, 0.2) is 23.1 Å². The van der Waals surface area contributed by atoms with Gasteiger partial charge in [0.1, 0.15) is 0 Å². The number of nitrogens with zero attached hydrogens (tertiary/aromatic N) is 1. The zero-order valence-corrected chi connectivity index (χ0v) is 12.6. The Morgan fingerprint density at radius 2 is 2.16 bits per heavy atom. The van der Waals surface area contributed by atoms with Crippen LogP contribution in [0, 0.1) is 0 Å². The lowest BCUT2D eigenvalue weighted by Gasteiger charge is -2.23. The van der Waals surface area contributed by atoms with E-state index in [0.717, 1.165) is 17.9 Å². The van der Waals surface area contributed by atoms with E-state index in [2.05, 4.69) is 41.9 Å². The molecule has 1 saturated heterocycles. The third-order valence-corrected chi connectivity index (χ3v) is 6.44. The molecule has 2 fully saturated rings. The van der Waals surface area contributed by atoms with Crippen molar-refractivity contribution in [3.63, 3.8) is 0 Å². The third kappa shape index (κ3) is 2.34. The number of thioether (sulfide) groups is 1. The molecular weight excluding hydrogens is 250 g/mol. The predicted octanol–water partition coefficient (Wildman–Crippen LogP) is 4.24. The Morgan fingerprint density at radius 1 is 1.26 bits per heavy atom. The summed E-state index contributed by atoms with van der Waals surface area (Å²) < 4.78 is 0. The molecule has 0 aromatic heterocycles. The molecule has 1 aromatic carbocycles. The third-order valence-electron chi connectivity index (χ3n) is 5.19. The van der Waals surface area contributed by atoms with E-state index >= 15 is 0 Å². The van der Waals surface area contributed by atoms with Crippen molar-refractivity contribution in [2.24, 2.45) is 0 Å². The summed E-state index contributed by atoms with van der Waals surface area (Å²) >= 11 is 2.08. The molecule has 1 aromatic rings. The molecule has 2 aliphatic heterocycles. The van der Waals surface area contributed by atoms with E-state index in [1.165, 1.54) is 44.4 Å². The highest BCUT2D eigenvalue weighted by Gasteiger charge is 2.31. The van der Waals surface area contributed by atoms with E-state index in [1.54, 1.807) is 16.0 Å². The van der Waals surface area contributed by atoms with Crippen LogP contribution in [0.5, 0.6) is 0 Å². The first-order chi connectivity index (χ1) is 9.31. The highest BCUT2D eigenvalue weighted by molar-refractivity contribution is 7.99. The quantitative estimate of drug-likeness (QED) is 0.810. The molecule has 3 aliphatic rings. The van der Waals surface area contributed by atoms with E-state index in [-0.39, 0.29) is 0 Å². The van der Waals surface area contributed by atoms with Crippen LogP contribution in [0.4, 0.5) is 0 Å². The van der Waals surface area contributed by atoms with Crippen molar-refractivity contribution >= 4 is 11.8 Å². The van der Waals surface area contributed by atoms with Crippen LogP contribution in [0.25, 0.3) is 0 Å². The first-order valence-electron chi connectivity index (χ1n) is 7.78. The van der Waals surface area contributed by atoms with Gasteiger partial charge in [0.25, 0.3) is 0 Å². The summed E-state index contributed by atoms with van der Waals surface area (Å²) in [6.07, 6.45) is 7.03. The van der Waals surface area contributed by atoms with Crippen LogP contribution >= 0.6 is 11.8 Å². The molecule has 2 heterocycles. The fourth-order valence-corrected chi connectivity index (χ4v) is 5.02. The minimum absolute atomic E-state index is 0.809. The molecule has 4 rings (SSSR count). The Balaban J connectivity index is 1.55. The van der Waals surface area contributed by atoms with Crippen molar-refractivity contribution < 1.29 is 0 Å². The number of hydrogen-bond donors (Lipinski definition) is 0. The molecule has 2 atom stereocenters. The van der Waals surface area contributed by atoms with Crippen molar-refractivity contribution in [2.45, 2.75) is 54.9 Å². The van der Waals surface area contributed by atoms with Gasteiger partial charge in [-0.3, -0.25) is 0 Å². The maximum atomic E-state index is 2.58. The number of benzene rings is 1. The van der Waals surface area contributed by atoms with Gasteiger partial charge >= 0.3 is 0 Å². The molecule has 1 saturated carbocycles. The summed E-state index contributed by atoms with van der Waals surface area (Å²) in [4.78, 5) is 4.14. The van der Waals surface area contributed by atoms with Gasteiger partial charge in [0, 0.05) is 16.7 Å². The first kappa shape index (κ1) is 12.3. The van der Waals surface area contributed by atoms with E-state index < -0.39 is 0 Å². The SMILES string of the molecule is CN1CCC[C@@H]1C[C@@H]1CSc2ccc(C3CC3)cc21. The Hall–Kier alpha value is -0.470. The normalized spacial score (nSPS) is 30.8. The molecule has 0 amide bonds. The van der Waals surface area contributed by atoms with Crippen LogP contribution in [0.2, 0.25) is 0 Å². The summed E-state index contributed by atoms with van der Waals surface area (Å²) in [6, 6.07) is 8.16. The predicted molar refractivity (Wildman–Crippen MR) is 82.2 cm³/mol. The number of likely N-dealkylation sites (tertiary alicyclic amines) is 1. The molecule has 0 spiro atoms. The summed E-state index contributed by atoms with van der Waals surface area (Å²) in [6.45, 7) is 1.31. The Morgan fingerprint density at radius 3 is 2.89 bits per heavy atom. The Labute approximate surface area is 120 Å². The Bertz CT molecular complexity index is 480. The monoisotopic (exact) mass is 273 g/mol. The lowest BCUT2D eigenvalue weighted by atomic mass is 9.91. The van der Waals surface area contributed by atoms with Gasteiger partial charge in [-0.05, 0) is 74.7 Å². The minimum Gasteiger partial charge on any atom is -0.303 e. The fourth-order valence-electron chi connectivity index (χ4n) is 3.77. The molecule has 102 valence electrons. The van der Waals surface area contributed by atoms with Gasteiger partial charge in [0.05, 0.1) is 0 Å². The first-order valence-corrected chi connectivity index (χ1v) is 8.76. The molecule has 19 heavy (non-hydrogen) atoms. The lowest BCUT2D eigenvalue weighted by molar-refractivity contribution is 0.286. The molecule has 1 aliphatic carbocycles. The van der Waals surface area contributed by atoms with Crippen LogP contribution in [0.3, 0.4) is 0 Å². The maximum absolute atomic E-state index is 2.58. The van der Waals surface area contributed by atoms with Gasteiger partial charge in [-0.25, -0.2) is 0 Å². The van der Waals surface area contributed by atoms with Gasteiger partial charge in [-0.15, -0.1) is 11.8 Å². The van der Waals surface area contributed by atoms with E-state index in [9.17, 15) is 0 Å². The lowest BCUT2D eigenvalue weighted by Crippen LogP contribution is -2.26. The second kappa shape index (κ2) is 4.82. The summed E-state index contributed by atoms with van der Waals surface area (Å²) in [5.74, 6) is 3.02. The topological polar surface area (TPSA) is 3.24 Å². The van der Waals surface area contributed by atoms with Crippen molar-refractivity contribution in [2.75, 3.05) is 19.3 Å². The minimum atomic E-state index is 0.809. The number of rotatable bonds is 3. The van der Waals surface area contributed by atoms with Gasteiger partial charge < -0.3 is 4.90 Å². The number of hydrogen-bond acceptors (Lipinski definition) is 2. The molecule has 0 radical (unpaired) electrons. The Kier molecular flexibility index (Phi) is 3.12. The summed E-state index contributed by atoms with van der Waals surface area (Å²) in [5, 5.41) is 0. The van der Waals surface area contributed by atoms with Gasteiger partial charge in [-0.1, -0.05) is 12.1 Å².